The fraction of sp³-hybridized carbons (Fsp3) is 0.692. The van der Waals surface area contributed by atoms with Crippen molar-refractivity contribution in [3.63, 3.8) is 0 Å². The van der Waals surface area contributed by atoms with E-state index in [-0.39, 0.29) is 23.9 Å². The van der Waals surface area contributed by atoms with Crippen LogP contribution in [0, 0.1) is 17.8 Å². The van der Waals surface area contributed by atoms with Crippen molar-refractivity contribution in [1.82, 2.24) is 15.5 Å². The molecule has 5 aliphatic rings. The number of carbonyl (C=O) groups is 2. The Labute approximate surface area is 191 Å². The highest BCUT2D eigenvalue weighted by atomic mass is 16.2. The van der Waals surface area contributed by atoms with E-state index in [2.05, 4.69) is 33.0 Å². The highest BCUT2D eigenvalue weighted by Crippen LogP contribution is 2.55. The first-order valence-corrected chi connectivity index (χ1v) is 12.7. The van der Waals surface area contributed by atoms with Gasteiger partial charge in [0.25, 0.3) is 0 Å². The lowest BCUT2D eigenvalue weighted by Gasteiger charge is -2.56. The van der Waals surface area contributed by atoms with Crippen molar-refractivity contribution in [2.24, 2.45) is 17.8 Å². The molecule has 6 heteroatoms. The number of amides is 3. The van der Waals surface area contributed by atoms with E-state index in [4.69, 9.17) is 0 Å². The molecule has 5 fully saturated rings. The maximum Gasteiger partial charge on any atom is 0.315 e. The molecule has 6 rings (SSSR count). The van der Waals surface area contributed by atoms with Crippen molar-refractivity contribution < 1.29 is 9.59 Å². The van der Waals surface area contributed by atoms with E-state index >= 15 is 0 Å². The van der Waals surface area contributed by atoms with Crippen LogP contribution in [0.4, 0.5) is 10.5 Å². The van der Waals surface area contributed by atoms with Crippen molar-refractivity contribution in [1.29, 1.82) is 0 Å². The molecule has 0 radical (unpaired) electrons. The maximum atomic E-state index is 12.5. The van der Waals surface area contributed by atoms with Gasteiger partial charge in [0.15, 0.2) is 0 Å². The molecule has 3 amide bonds. The number of piperidine rings is 1. The van der Waals surface area contributed by atoms with Crippen LogP contribution >= 0.6 is 0 Å². The van der Waals surface area contributed by atoms with Crippen molar-refractivity contribution in [3.05, 3.63) is 29.8 Å². The summed E-state index contributed by atoms with van der Waals surface area (Å²) in [6.45, 7) is 3.62. The van der Waals surface area contributed by atoms with Gasteiger partial charge in [0.05, 0.1) is 0 Å². The summed E-state index contributed by atoms with van der Waals surface area (Å²) in [6, 6.07) is 8.03. The summed E-state index contributed by atoms with van der Waals surface area (Å²) in [7, 11) is 0. The lowest BCUT2D eigenvalue weighted by Crippen LogP contribution is -2.61. The average Bonchev–Trinajstić information content (AvgIpc) is 2.73. The zero-order chi connectivity index (χ0) is 22.0. The smallest absolute Gasteiger partial charge is 0.315 e. The molecule has 3 N–H and O–H groups in total. The molecule has 1 heterocycles. The minimum atomic E-state index is -0.108. The van der Waals surface area contributed by atoms with Gasteiger partial charge in [0, 0.05) is 30.7 Å². The number of nitrogens with zero attached hydrogens (tertiary/aromatic N) is 1. The summed E-state index contributed by atoms with van der Waals surface area (Å²) < 4.78 is 0. The molecule has 4 bridgehead atoms. The van der Waals surface area contributed by atoms with Crippen LogP contribution in [0.3, 0.4) is 0 Å². The molecule has 1 saturated heterocycles. The van der Waals surface area contributed by atoms with Crippen LogP contribution in [0.1, 0.15) is 69.8 Å². The van der Waals surface area contributed by atoms with Crippen LogP contribution in [-0.2, 0) is 11.3 Å². The normalized spacial score (nSPS) is 31.3. The van der Waals surface area contributed by atoms with Crippen LogP contribution < -0.4 is 16.0 Å². The zero-order valence-electron chi connectivity index (χ0n) is 19.2. The van der Waals surface area contributed by atoms with E-state index in [1.165, 1.54) is 44.1 Å². The number of carbonyl (C=O) groups excluding carboxylic acids is 2. The highest BCUT2D eigenvalue weighted by molar-refractivity contribution is 5.91. The minimum absolute atomic E-state index is 0.00981. The summed E-state index contributed by atoms with van der Waals surface area (Å²) in [6.07, 6.45) is 11.7. The Hall–Kier alpha value is -2.08. The van der Waals surface area contributed by atoms with E-state index in [1.807, 2.05) is 12.1 Å². The molecule has 0 aromatic heterocycles. The number of likely N-dealkylation sites (tertiary alicyclic amines) is 1. The predicted octanol–water partition coefficient (Wildman–Crippen LogP) is 4.27. The van der Waals surface area contributed by atoms with E-state index in [9.17, 15) is 9.59 Å². The SMILES string of the molecule is O=C(CCNC(=O)NC12CC3CC(CC(C3)C1)C2)Nc1cccc(CN2CCCCC2)c1. The standard InChI is InChI=1S/C26H38N4O2/c31-24(28-23-6-4-5-19(14-23)18-30-9-2-1-3-10-30)7-8-27-25(32)29-26-15-20-11-21(16-26)13-22(12-20)17-26/h4-6,14,20-22H,1-3,7-13,15-18H2,(H,28,31)(H2,27,29,32). The third kappa shape index (κ3) is 5.28. The van der Waals surface area contributed by atoms with Crippen molar-refractivity contribution in [2.75, 3.05) is 25.0 Å². The lowest BCUT2D eigenvalue weighted by atomic mass is 9.53. The van der Waals surface area contributed by atoms with Gasteiger partial charge in [-0.2, -0.15) is 0 Å². The lowest BCUT2D eigenvalue weighted by molar-refractivity contribution is -0.116. The number of urea groups is 1. The molecule has 1 aromatic rings. The van der Waals surface area contributed by atoms with Crippen LogP contribution in [0.15, 0.2) is 24.3 Å². The first-order chi connectivity index (χ1) is 15.6. The van der Waals surface area contributed by atoms with Crippen LogP contribution in [0.5, 0.6) is 0 Å². The van der Waals surface area contributed by atoms with E-state index < -0.39 is 0 Å². The summed E-state index contributed by atoms with van der Waals surface area (Å²) in [5.41, 5.74) is 2.08. The molecular formula is C26H38N4O2. The first-order valence-electron chi connectivity index (χ1n) is 12.7. The number of nitrogens with one attached hydrogen (secondary N) is 3. The molecule has 4 aliphatic carbocycles. The quantitative estimate of drug-likeness (QED) is 0.595. The zero-order valence-corrected chi connectivity index (χ0v) is 19.2. The summed E-state index contributed by atoms with van der Waals surface area (Å²) in [5.74, 6) is 2.35. The van der Waals surface area contributed by atoms with E-state index in [1.54, 1.807) is 0 Å². The minimum Gasteiger partial charge on any atom is -0.338 e. The summed E-state index contributed by atoms with van der Waals surface area (Å²) >= 11 is 0. The number of hydrogen-bond acceptors (Lipinski definition) is 3. The highest BCUT2D eigenvalue weighted by Gasteiger charge is 2.51. The number of benzene rings is 1. The molecular weight excluding hydrogens is 400 g/mol. The molecule has 4 saturated carbocycles. The molecule has 0 spiro atoms. The van der Waals surface area contributed by atoms with Gasteiger partial charge in [-0.1, -0.05) is 18.6 Å². The van der Waals surface area contributed by atoms with Gasteiger partial charge >= 0.3 is 6.03 Å². The predicted molar refractivity (Wildman–Crippen MR) is 126 cm³/mol. The van der Waals surface area contributed by atoms with Gasteiger partial charge in [-0.15, -0.1) is 0 Å². The number of hydrogen-bond donors (Lipinski definition) is 3. The van der Waals surface area contributed by atoms with Crippen molar-refractivity contribution in [2.45, 2.75) is 76.3 Å². The number of anilines is 1. The number of rotatable bonds is 7. The van der Waals surface area contributed by atoms with E-state index in [0.29, 0.717) is 6.54 Å². The summed E-state index contributed by atoms with van der Waals surface area (Å²) in [5, 5.41) is 9.22. The Morgan fingerprint density at radius 2 is 1.66 bits per heavy atom. The molecule has 1 aromatic carbocycles. The average molecular weight is 439 g/mol. The van der Waals surface area contributed by atoms with Gasteiger partial charge in [0.2, 0.25) is 5.91 Å². The monoisotopic (exact) mass is 438 g/mol. The fourth-order valence-corrected chi connectivity index (χ4v) is 7.18. The van der Waals surface area contributed by atoms with Crippen molar-refractivity contribution >= 4 is 17.6 Å². The first kappa shape index (κ1) is 21.7. The second-order valence-corrected chi connectivity index (χ2v) is 10.9. The Morgan fingerprint density at radius 1 is 0.969 bits per heavy atom. The summed E-state index contributed by atoms with van der Waals surface area (Å²) in [4.78, 5) is 27.4. The molecule has 0 atom stereocenters. The Bertz CT molecular complexity index is 798. The van der Waals surface area contributed by atoms with E-state index in [0.717, 1.165) is 62.3 Å². The van der Waals surface area contributed by atoms with Crippen LogP contribution in [0.25, 0.3) is 0 Å². The third-order valence-corrected chi connectivity index (χ3v) is 8.12. The van der Waals surface area contributed by atoms with Crippen LogP contribution in [-0.4, -0.2) is 42.0 Å². The largest absolute Gasteiger partial charge is 0.338 e. The molecule has 0 unspecified atom stereocenters. The van der Waals surface area contributed by atoms with Gasteiger partial charge in [-0.25, -0.2) is 4.79 Å². The second kappa shape index (κ2) is 9.42. The Morgan fingerprint density at radius 3 is 2.34 bits per heavy atom. The molecule has 174 valence electrons. The Kier molecular flexibility index (Phi) is 6.40. The fourth-order valence-electron chi connectivity index (χ4n) is 7.18. The Balaban J connectivity index is 1.04. The van der Waals surface area contributed by atoms with Gasteiger partial charge in [-0.3, -0.25) is 9.69 Å². The van der Waals surface area contributed by atoms with Gasteiger partial charge < -0.3 is 16.0 Å². The molecule has 1 aliphatic heterocycles. The molecule has 6 nitrogen and oxygen atoms in total. The van der Waals surface area contributed by atoms with Crippen LogP contribution in [0.2, 0.25) is 0 Å². The second-order valence-electron chi connectivity index (χ2n) is 10.9. The third-order valence-electron chi connectivity index (χ3n) is 8.12. The van der Waals surface area contributed by atoms with Gasteiger partial charge in [0.1, 0.15) is 0 Å². The topological polar surface area (TPSA) is 73.5 Å². The van der Waals surface area contributed by atoms with Gasteiger partial charge in [-0.05, 0) is 99.9 Å². The molecule has 32 heavy (non-hydrogen) atoms. The van der Waals surface area contributed by atoms with Crippen molar-refractivity contribution in [3.8, 4) is 0 Å². The maximum absolute atomic E-state index is 12.5.